The van der Waals surface area contributed by atoms with Gasteiger partial charge in [-0.2, -0.15) is 0 Å². The SMILES string of the molecule is CCc1cccc2c(C(=O)COC(=O)c3ccc([N+](=O)[O-])c(C)c3)c[nH]c12. The molecule has 0 aliphatic rings. The molecule has 0 unspecified atom stereocenters. The molecule has 0 saturated heterocycles. The van der Waals surface area contributed by atoms with Crippen LogP contribution in [0.2, 0.25) is 0 Å². The smallest absolute Gasteiger partial charge is 0.338 e. The highest BCUT2D eigenvalue weighted by Crippen LogP contribution is 2.23. The molecule has 0 amide bonds. The first-order chi connectivity index (χ1) is 12.9. The van der Waals surface area contributed by atoms with Gasteiger partial charge >= 0.3 is 5.97 Å². The number of rotatable bonds is 6. The van der Waals surface area contributed by atoms with E-state index in [0.717, 1.165) is 22.9 Å². The lowest BCUT2D eigenvalue weighted by Crippen LogP contribution is -2.14. The molecule has 0 bridgehead atoms. The average Bonchev–Trinajstić information content (AvgIpc) is 3.09. The molecule has 1 aromatic heterocycles. The number of para-hydroxylation sites is 1. The van der Waals surface area contributed by atoms with Crippen molar-refractivity contribution in [2.75, 3.05) is 6.61 Å². The van der Waals surface area contributed by atoms with Crippen molar-refractivity contribution in [3.8, 4) is 0 Å². The van der Waals surface area contributed by atoms with Gasteiger partial charge < -0.3 is 9.72 Å². The fourth-order valence-electron chi connectivity index (χ4n) is 3.02. The number of aryl methyl sites for hydroxylation is 2. The van der Waals surface area contributed by atoms with Crippen molar-refractivity contribution in [2.45, 2.75) is 20.3 Å². The molecule has 1 N–H and O–H groups in total. The molecular weight excluding hydrogens is 348 g/mol. The average molecular weight is 366 g/mol. The van der Waals surface area contributed by atoms with Crippen LogP contribution in [-0.2, 0) is 11.2 Å². The Morgan fingerprint density at radius 1 is 1.22 bits per heavy atom. The van der Waals surface area contributed by atoms with E-state index in [9.17, 15) is 19.7 Å². The first kappa shape index (κ1) is 18.3. The molecule has 0 aliphatic heterocycles. The summed E-state index contributed by atoms with van der Waals surface area (Å²) in [6.07, 6.45) is 2.45. The van der Waals surface area contributed by atoms with E-state index in [0.29, 0.717) is 11.1 Å². The fourth-order valence-corrected chi connectivity index (χ4v) is 3.02. The van der Waals surface area contributed by atoms with E-state index in [-0.39, 0.29) is 17.0 Å². The number of aromatic amines is 1. The third-order valence-corrected chi connectivity index (χ3v) is 4.45. The Morgan fingerprint density at radius 2 is 2.00 bits per heavy atom. The predicted octanol–water partition coefficient (Wildman–Crippen LogP) is 3.99. The van der Waals surface area contributed by atoms with Crippen LogP contribution in [0.3, 0.4) is 0 Å². The Balaban J connectivity index is 1.73. The molecule has 0 aliphatic carbocycles. The Labute approximate surface area is 155 Å². The molecule has 0 spiro atoms. The lowest BCUT2D eigenvalue weighted by Gasteiger charge is -2.05. The van der Waals surface area contributed by atoms with E-state index < -0.39 is 17.5 Å². The number of nitrogens with one attached hydrogen (secondary N) is 1. The minimum Gasteiger partial charge on any atom is -0.454 e. The second-order valence-electron chi connectivity index (χ2n) is 6.15. The van der Waals surface area contributed by atoms with Crippen LogP contribution in [-0.4, -0.2) is 28.3 Å². The van der Waals surface area contributed by atoms with Crippen molar-refractivity contribution in [2.24, 2.45) is 0 Å². The Bertz CT molecular complexity index is 1050. The molecule has 0 fully saturated rings. The Hall–Kier alpha value is -3.48. The maximum Gasteiger partial charge on any atom is 0.338 e. The molecule has 2 aromatic carbocycles. The summed E-state index contributed by atoms with van der Waals surface area (Å²) >= 11 is 0. The van der Waals surface area contributed by atoms with Crippen LogP contribution >= 0.6 is 0 Å². The van der Waals surface area contributed by atoms with E-state index in [1.807, 2.05) is 25.1 Å². The summed E-state index contributed by atoms with van der Waals surface area (Å²) in [6.45, 7) is 3.17. The van der Waals surface area contributed by atoms with E-state index in [4.69, 9.17) is 4.74 Å². The number of ketones is 1. The van der Waals surface area contributed by atoms with Gasteiger partial charge in [-0.1, -0.05) is 25.1 Å². The van der Waals surface area contributed by atoms with Gasteiger partial charge in [0, 0.05) is 34.3 Å². The third-order valence-electron chi connectivity index (χ3n) is 4.45. The first-order valence-corrected chi connectivity index (χ1v) is 8.46. The number of carbonyl (C=O) groups excluding carboxylic acids is 2. The zero-order chi connectivity index (χ0) is 19.6. The summed E-state index contributed by atoms with van der Waals surface area (Å²) in [4.78, 5) is 38.1. The topological polar surface area (TPSA) is 102 Å². The number of H-pyrrole nitrogens is 1. The number of hydrogen-bond acceptors (Lipinski definition) is 5. The van der Waals surface area contributed by atoms with E-state index in [1.165, 1.54) is 25.1 Å². The molecule has 27 heavy (non-hydrogen) atoms. The second kappa shape index (κ2) is 7.41. The first-order valence-electron chi connectivity index (χ1n) is 8.46. The van der Waals surface area contributed by atoms with E-state index >= 15 is 0 Å². The lowest BCUT2D eigenvalue weighted by molar-refractivity contribution is -0.385. The van der Waals surface area contributed by atoms with Crippen molar-refractivity contribution < 1.29 is 19.2 Å². The maximum atomic E-state index is 12.5. The highest BCUT2D eigenvalue weighted by atomic mass is 16.6. The van der Waals surface area contributed by atoms with Gasteiger partial charge in [0.15, 0.2) is 6.61 Å². The van der Waals surface area contributed by atoms with Crippen molar-refractivity contribution in [3.05, 3.63) is 75.0 Å². The highest BCUT2D eigenvalue weighted by Gasteiger charge is 2.18. The summed E-state index contributed by atoms with van der Waals surface area (Å²) in [5, 5.41) is 11.6. The standard InChI is InChI=1S/C20H18N2O5/c1-3-13-5-4-6-15-16(10-21-19(13)15)18(23)11-27-20(24)14-7-8-17(22(25)26)12(2)9-14/h4-10,21H,3,11H2,1-2H3. The van der Waals surface area contributed by atoms with Gasteiger partial charge in [-0.05, 0) is 31.0 Å². The molecule has 3 aromatic rings. The molecule has 0 saturated carbocycles. The quantitative estimate of drug-likeness (QED) is 0.308. The van der Waals surface area contributed by atoms with Crippen molar-refractivity contribution in [1.29, 1.82) is 0 Å². The maximum absolute atomic E-state index is 12.5. The zero-order valence-electron chi connectivity index (χ0n) is 14.9. The number of nitro groups is 1. The van der Waals surface area contributed by atoms with Crippen LogP contribution in [0.1, 0.15) is 38.8 Å². The number of Topliss-reactive ketones (excluding diaryl/α,β-unsaturated/α-hetero) is 1. The molecule has 7 nitrogen and oxygen atoms in total. The zero-order valence-corrected chi connectivity index (χ0v) is 14.9. The number of hydrogen-bond donors (Lipinski definition) is 1. The van der Waals surface area contributed by atoms with Crippen LogP contribution in [0.4, 0.5) is 5.69 Å². The molecular formula is C20H18N2O5. The summed E-state index contributed by atoms with van der Waals surface area (Å²) in [5.74, 6) is -1.02. The largest absolute Gasteiger partial charge is 0.454 e. The van der Waals surface area contributed by atoms with Crippen LogP contribution in [0.5, 0.6) is 0 Å². The monoisotopic (exact) mass is 366 g/mol. The fraction of sp³-hybridized carbons (Fsp3) is 0.200. The van der Waals surface area contributed by atoms with Gasteiger partial charge in [0.05, 0.1) is 10.5 Å². The lowest BCUT2D eigenvalue weighted by atomic mass is 10.1. The number of aromatic nitrogens is 1. The van der Waals surface area contributed by atoms with Gasteiger partial charge in [-0.3, -0.25) is 14.9 Å². The van der Waals surface area contributed by atoms with E-state index in [1.54, 1.807) is 6.20 Å². The van der Waals surface area contributed by atoms with Crippen LogP contribution in [0, 0.1) is 17.0 Å². The number of esters is 1. The molecule has 1 heterocycles. The van der Waals surface area contributed by atoms with Gasteiger partial charge in [0.2, 0.25) is 5.78 Å². The molecule has 3 rings (SSSR count). The number of nitro benzene ring substituents is 1. The van der Waals surface area contributed by atoms with Crippen LogP contribution in [0.15, 0.2) is 42.6 Å². The van der Waals surface area contributed by atoms with Gasteiger partial charge in [0.25, 0.3) is 5.69 Å². The van der Waals surface area contributed by atoms with Crippen molar-refractivity contribution >= 4 is 28.3 Å². The number of fused-ring (bicyclic) bond motifs is 1. The number of nitrogens with zero attached hydrogens (tertiary/aromatic N) is 1. The van der Waals surface area contributed by atoms with Gasteiger partial charge in [-0.15, -0.1) is 0 Å². The van der Waals surface area contributed by atoms with Crippen molar-refractivity contribution in [3.63, 3.8) is 0 Å². The van der Waals surface area contributed by atoms with Crippen LogP contribution in [0.25, 0.3) is 10.9 Å². The Kier molecular flexibility index (Phi) is 5.03. The molecule has 0 radical (unpaired) electrons. The number of benzene rings is 2. The minimum absolute atomic E-state index is 0.0758. The second-order valence-corrected chi connectivity index (χ2v) is 6.15. The normalized spacial score (nSPS) is 10.7. The molecule has 138 valence electrons. The highest BCUT2D eigenvalue weighted by molar-refractivity contribution is 6.09. The van der Waals surface area contributed by atoms with Crippen LogP contribution < -0.4 is 0 Å². The summed E-state index contributed by atoms with van der Waals surface area (Å²) in [6, 6.07) is 9.67. The Morgan fingerprint density at radius 3 is 2.67 bits per heavy atom. The summed E-state index contributed by atoms with van der Waals surface area (Å²) < 4.78 is 5.10. The number of carbonyl (C=O) groups is 2. The third kappa shape index (κ3) is 3.57. The molecule has 0 atom stereocenters. The van der Waals surface area contributed by atoms with E-state index in [2.05, 4.69) is 4.98 Å². The van der Waals surface area contributed by atoms with Crippen molar-refractivity contribution in [1.82, 2.24) is 4.98 Å². The number of ether oxygens (including phenoxy) is 1. The van der Waals surface area contributed by atoms with Gasteiger partial charge in [0.1, 0.15) is 0 Å². The van der Waals surface area contributed by atoms with Gasteiger partial charge in [-0.25, -0.2) is 4.79 Å². The summed E-state index contributed by atoms with van der Waals surface area (Å²) in [7, 11) is 0. The predicted molar refractivity (Wildman–Crippen MR) is 100 cm³/mol. The summed E-state index contributed by atoms with van der Waals surface area (Å²) in [5.41, 5.74) is 2.91. The molecule has 7 heteroatoms. The minimum atomic E-state index is -0.699.